The summed E-state index contributed by atoms with van der Waals surface area (Å²) in [4.78, 5) is 4.58. The van der Waals surface area contributed by atoms with E-state index >= 15 is 0 Å². The van der Waals surface area contributed by atoms with E-state index in [4.69, 9.17) is 0 Å². The van der Waals surface area contributed by atoms with Crippen LogP contribution in [0.2, 0.25) is 0 Å². The number of aromatic amines is 1. The number of hydrogen-bond acceptors (Lipinski definition) is 5. The minimum Gasteiger partial charge on any atom is -0.263 e. The van der Waals surface area contributed by atoms with Crippen LogP contribution in [0, 0.1) is 6.92 Å². The zero-order valence-electron chi connectivity index (χ0n) is 13.8. The first kappa shape index (κ1) is 15.2. The van der Waals surface area contributed by atoms with Crippen molar-refractivity contribution in [3.8, 4) is 5.69 Å². The van der Waals surface area contributed by atoms with Crippen molar-refractivity contribution in [2.45, 2.75) is 19.8 Å². The molecule has 0 fully saturated rings. The van der Waals surface area contributed by atoms with E-state index in [1.807, 2.05) is 49.4 Å². The molecule has 1 N–H and O–H groups in total. The Balaban J connectivity index is 1.45. The average molecular weight is 331 g/mol. The maximum atomic E-state index is 4.58. The third-order valence-electron chi connectivity index (χ3n) is 3.96. The molecule has 7 nitrogen and oxygen atoms in total. The number of aryl methyl sites for hydroxylation is 1. The summed E-state index contributed by atoms with van der Waals surface area (Å²) in [5.74, 6) is 2.42. The topological polar surface area (TPSA) is 85.2 Å². The fourth-order valence-electron chi connectivity index (χ4n) is 2.69. The van der Waals surface area contributed by atoms with Gasteiger partial charge in [-0.3, -0.25) is 5.10 Å². The van der Waals surface area contributed by atoms with Crippen LogP contribution in [0.25, 0.3) is 5.69 Å². The maximum Gasteiger partial charge on any atom is 0.155 e. The van der Waals surface area contributed by atoms with Crippen molar-refractivity contribution >= 4 is 0 Å². The Hall–Kier alpha value is -3.35. The lowest BCUT2D eigenvalue weighted by atomic mass is 10.1. The van der Waals surface area contributed by atoms with Crippen molar-refractivity contribution in [3.63, 3.8) is 0 Å². The van der Waals surface area contributed by atoms with E-state index in [1.165, 1.54) is 5.56 Å². The molecule has 0 amide bonds. The van der Waals surface area contributed by atoms with Crippen LogP contribution in [0.4, 0.5) is 0 Å². The highest BCUT2D eigenvalue weighted by molar-refractivity contribution is 5.35. The van der Waals surface area contributed by atoms with Crippen LogP contribution in [-0.4, -0.2) is 35.4 Å². The first-order chi connectivity index (χ1) is 12.3. The van der Waals surface area contributed by atoms with E-state index in [2.05, 4.69) is 42.8 Å². The van der Waals surface area contributed by atoms with Gasteiger partial charge in [-0.25, -0.2) is 4.98 Å². The van der Waals surface area contributed by atoms with Crippen LogP contribution in [0.15, 0.2) is 54.6 Å². The Morgan fingerprint density at radius 3 is 2.40 bits per heavy atom. The maximum absolute atomic E-state index is 4.58. The van der Waals surface area contributed by atoms with Crippen LogP contribution >= 0.6 is 0 Å². The Morgan fingerprint density at radius 1 is 0.920 bits per heavy atom. The third kappa shape index (κ3) is 3.45. The van der Waals surface area contributed by atoms with Gasteiger partial charge in [0, 0.05) is 12.8 Å². The number of benzene rings is 2. The lowest BCUT2D eigenvalue weighted by Gasteiger charge is -2.03. The molecule has 2 aromatic carbocycles. The molecular formula is C18H17N7. The zero-order chi connectivity index (χ0) is 17.1. The normalized spacial score (nSPS) is 10.9. The second-order valence-electron chi connectivity index (χ2n) is 5.84. The Labute approximate surface area is 144 Å². The summed E-state index contributed by atoms with van der Waals surface area (Å²) in [6.45, 7) is 1.87. The van der Waals surface area contributed by atoms with Gasteiger partial charge in [-0.1, -0.05) is 42.5 Å². The molecule has 0 saturated carbocycles. The van der Waals surface area contributed by atoms with Gasteiger partial charge in [0.1, 0.15) is 5.82 Å². The van der Waals surface area contributed by atoms with Gasteiger partial charge < -0.3 is 0 Å². The molecule has 25 heavy (non-hydrogen) atoms. The number of H-pyrrole nitrogens is 1. The van der Waals surface area contributed by atoms with Crippen molar-refractivity contribution in [1.82, 2.24) is 35.4 Å². The molecule has 0 bridgehead atoms. The minimum atomic E-state index is 0.681. The monoisotopic (exact) mass is 331 g/mol. The van der Waals surface area contributed by atoms with Gasteiger partial charge in [0.15, 0.2) is 11.6 Å². The number of nitrogens with one attached hydrogen (secondary N) is 1. The molecule has 7 heteroatoms. The third-order valence-corrected chi connectivity index (χ3v) is 3.96. The van der Waals surface area contributed by atoms with Crippen LogP contribution in [0.1, 0.15) is 28.6 Å². The predicted octanol–water partition coefficient (Wildman–Crippen LogP) is 2.27. The van der Waals surface area contributed by atoms with Gasteiger partial charge in [-0.05, 0) is 40.6 Å². The van der Waals surface area contributed by atoms with Gasteiger partial charge >= 0.3 is 0 Å². The van der Waals surface area contributed by atoms with E-state index in [0.717, 1.165) is 35.1 Å². The van der Waals surface area contributed by atoms with Crippen molar-refractivity contribution in [1.29, 1.82) is 0 Å². The summed E-state index contributed by atoms with van der Waals surface area (Å²) in [6, 6.07) is 18.3. The molecule has 124 valence electrons. The Bertz CT molecular complexity index is 955. The van der Waals surface area contributed by atoms with E-state index in [0.29, 0.717) is 6.42 Å². The van der Waals surface area contributed by atoms with Crippen LogP contribution in [-0.2, 0) is 12.8 Å². The highest BCUT2D eigenvalue weighted by Gasteiger charge is 2.07. The number of aromatic nitrogens is 7. The fourth-order valence-corrected chi connectivity index (χ4v) is 2.69. The average Bonchev–Trinajstić information content (AvgIpc) is 3.26. The molecule has 0 unspecified atom stereocenters. The standard InChI is InChI=1S/C18H17N7/c1-13-20-23-24-25(13)16-9-7-15(8-10-16)12-18-19-17(21-22-18)11-14-5-3-2-4-6-14/h2-10H,11-12H2,1H3,(H,19,21,22). The lowest BCUT2D eigenvalue weighted by molar-refractivity contribution is 0.779. The van der Waals surface area contributed by atoms with Crippen molar-refractivity contribution in [2.75, 3.05) is 0 Å². The van der Waals surface area contributed by atoms with E-state index in [9.17, 15) is 0 Å². The molecule has 0 atom stereocenters. The second-order valence-corrected chi connectivity index (χ2v) is 5.84. The SMILES string of the molecule is Cc1nnnn1-c1ccc(Cc2n[nH]c(Cc3ccccc3)n2)cc1. The highest BCUT2D eigenvalue weighted by Crippen LogP contribution is 2.12. The summed E-state index contributed by atoms with van der Waals surface area (Å²) >= 11 is 0. The second kappa shape index (κ2) is 6.64. The first-order valence-electron chi connectivity index (χ1n) is 8.06. The Kier molecular flexibility index (Phi) is 4.04. The molecule has 0 aliphatic rings. The first-order valence-corrected chi connectivity index (χ1v) is 8.06. The van der Waals surface area contributed by atoms with E-state index < -0.39 is 0 Å². The fraction of sp³-hybridized carbons (Fsp3) is 0.167. The quantitative estimate of drug-likeness (QED) is 0.606. The summed E-state index contributed by atoms with van der Waals surface area (Å²) in [5.41, 5.74) is 3.29. The lowest BCUT2D eigenvalue weighted by Crippen LogP contribution is -2.00. The Morgan fingerprint density at radius 2 is 1.68 bits per heavy atom. The molecule has 0 spiro atoms. The van der Waals surface area contributed by atoms with Crippen molar-refractivity contribution < 1.29 is 0 Å². The smallest absolute Gasteiger partial charge is 0.155 e. The molecule has 0 saturated heterocycles. The van der Waals surface area contributed by atoms with Gasteiger partial charge in [-0.15, -0.1) is 5.10 Å². The van der Waals surface area contributed by atoms with Gasteiger partial charge in [-0.2, -0.15) is 9.78 Å². The summed E-state index contributed by atoms with van der Waals surface area (Å²) in [7, 11) is 0. The zero-order valence-corrected chi connectivity index (χ0v) is 13.8. The molecule has 0 radical (unpaired) electrons. The number of hydrogen-bond donors (Lipinski definition) is 1. The van der Waals surface area contributed by atoms with Gasteiger partial charge in [0.25, 0.3) is 0 Å². The number of rotatable bonds is 5. The van der Waals surface area contributed by atoms with E-state index in [1.54, 1.807) is 4.68 Å². The van der Waals surface area contributed by atoms with Crippen LogP contribution in [0.3, 0.4) is 0 Å². The van der Waals surface area contributed by atoms with Crippen molar-refractivity contribution in [3.05, 3.63) is 83.2 Å². The predicted molar refractivity (Wildman–Crippen MR) is 92.3 cm³/mol. The van der Waals surface area contributed by atoms with Gasteiger partial charge in [0.05, 0.1) is 5.69 Å². The van der Waals surface area contributed by atoms with E-state index in [-0.39, 0.29) is 0 Å². The minimum absolute atomic E-state index is 0.681. The van der Waals surface area contributed by atoms with Crippen LogP contribution in [0.5, 0.6) is 0 Å². The van der Waals surface area contributed by atoms with Crippen LogP contribution < -0.4 is 0 Å². The molecule has 0 aliphatic carbocycles. The molecule has 2 heterocycles. The van der Waals surface area contributed by atoms with Crippen molar-refractivity contribution in [2.24, 2.45) is 0 Å². The summed E-state index contributed by atoms with van der Waals surface area (Å²) < 4.78 is 1.70. The molecule has 4 aromatic rings. The van der Waals surface area contributed by atoms with Gasteiger partial charge in [0.2, 0.25) is 0 Å². The summed E-state index contributed by atoms with van der Waals surface area (Å²) in [6.07, 6.45) is 1.44. The molecule has 2 aromatic heterocycles. The largest absolute Gasteiger partial charge is 0.263 e. The molecular weight excluding hydrogens is 314 g/mol. The molecule has 4 rings (SSSR count). The number of tetrazole rings is 1. The molecule has 0 aliphatic heterocycles. The number of nitrogens with zero attached hydrogens (tertiary/aromatic N) is 6. The summed E-state index contributed by atoms with van der Waals surface area (Å²) in [5, 5.41) is 18.9. The highest BCUT2D eigenvalue weighted by atomic mass is 15.5.